The molecule has 10 heteroatoms. The zero-order valence-corrected chi connectivity index (χ0v) is 11.4. The maximum absolute atomic E-state index is 11.3. The van der Waals surface area contributed by atoms with Gasteiger partial charge in [0.15, 0.2) is 9.84 Å². The molecule has 1 unspecified atom stereocenters. The summed E-state index contributed by atoms with van der Waals surface area (Å²) >= 11 is 0. The molecular weight excluding hydrogens is 292 g/mol. The SMILES string of the molecule is O=C(O)COCC(=O)NC(=O)NCC1CCS(=O)(=O)C1. The van der Waals surface area contributed by atoms with Gasteiger partial charge in [0, 0.05) is 6.54 Å². The highest BCUT2D eigenvalue weighted by Crippen LogP contribution is 2.17. The Balaban J connectivity index is 2.17. The monoisotopic (exact) mass is 308 g/mol. The number of imide groups is 1. The molecule has 0 aromatic carbocycles. The lowest BCUT2D eigenvalue weighted by molar-refractivity contribution is -0.143. The zero-order valence-electron chi connectivity index (χ0n) is 10.6. The van der Waals surface area contributed by atoms with Crippen molar-refractivity contribution in [1.29, 1.82) is 0 Å². The second kappa shape index (κ2) is 7.20. The topological polar surface area (TPSA) is 139 Å². The minimum absolute atomic E-state index is 0.0307. The third kappa shape index (κ3) is 6.48. The number of ether oxygens (including phenoxy) is 1. The second-order valence-electron chi connectivity index (χ2n) is 4.41. The van der Waals surface area contributed by atoms with Gasteiger partial charge in [-0.1, -0.05) is 0 Å². The minimum Gasteiger partial charge on any atom is -0.480 e. The van der Waals surface area contributed by atoms with Crippen LogP contribution in [0.15, 0.2) is 0 Å². The third-order valence-electron chi connectivity index (χ3n) is 2.59. The third-order valence-corrected chi connectivity index (χ3v) is 4.43. The molecule has 0 spiro atoms. The first kappa shape index (κ1) is 16.4. The Hall–Kier alpha value is -1.68. The number of carbonyl (C=O) groups is 3. The smallest absolute Gasteiger partial charge is 0.329 e. The number of sulfone groups is 1. The summed E-state index contributed by atoms with van der Waals surface area (Å²) in [6.45, 7) is -1.01. The van der Waals surface area contributed by atoms with Crippen LogP contribution in [0.4, 0.5) is 4.79 Å². The van der Waals surface area contributed by atoms with Crippen LogP contribution >= 0.6 is 0 Å². The maximum Gasteiger partial charge on any atom is 0.329 e. The highest BCUT2D eigenvalue weighted by atomic mass is 32.2. The molecule has 114 valence electrons. The van der Waals surface area contributed by atoms with E-state index in [4.69, 9.17) is 5.11 Å². The Morgan fingerprint density at radius 3 is 2.50 bits per heavy atom. The van der Waals surface area contributed by atoms with Gasteiger partial charge in [0.1, 0.15) is 13.2 Å². The van der Waals surface area contributed by atoms with Crippen molar-refractivity contribution in [3.05, 3.63) is 0 Å². The Bertz CT molecular complexity index is 488. The van der Waals surface area contributed by atoms with E-state index in [9.17, 15) is 22.8 Å². The average molecular weight is 308 g/mol. The summed E-state index contributed by atoms with van der Waals surface area (Å²) in [6.07, 6.45) is 0.484. The highest BCUT2D eigenvalue weighted by molar-refractivity contribution is 7.91. The molecule has 1 aliphatic rings. The molecule has 0 bridgehead atoms. The van der Waals surface area contributed by atoms with E-state index < -0.39 is 41.0 Å². The van der Waals surface area contributed by atoms with Gasteiger partial charge >= 0.3 is 12.0 Å². The molecule has 1 fully saturated rings. The molecule has 0 saturated carbocycles. The molecule has 3 N–H and O–H groups in total. The summed E-state index contributed by atoms with van der Waals surface area (Å²) in [5.74, 6) is -2.00. The predicted octanol–water partition coefficient (Wildman–Crippen LogP) is -1.65. The van der Waals surface area contributed by atoms with Gasteiger partial charge in [0.05, 0.1) is 11.5 Å². The van der Waals surface area contributed by atoms with Crippen LogP contribution in [0.3, 0.4) is 0 Å². The first-order valence-electron chi connectivity index (χ1n) is 5.86. The van der Waals surface area contributed by atoms with Crippen LogP contribution in [0, 0.1) is 5.92 Å². The van der Waals surface area contributed by atoms with E-state index in [1.807, 2.05) is 5.32 Å². The number of aliphatic carboxylic acids is 1. The summed E-state index contributed by atoms with van der Waals surface area (Å²) < 4.78 is 26.9. The quantitative estimate of drug-likeness (QED) is 0.534. The van der Waals surface area contributed by atoms with Gasteiger partial charge in [0.2, 0.25) is 0 Å². The second-order valence-corrected chi connectivity index (χ2v) is 6.64. The van der Waals surface area contributed by atoms with Crippen molar-refractivity contribution in [3.8, 4) is 0 Å². The van der Waals surface area contributed by atoms with Gasteiger partial charge < -0.3 is 15.2 Å². The first-order chi connectivity index (χ1) is 9.28. The molecule has 9 nitrogen and oxygen atoms in total. The van der Waals surface area contributed by atoms with Crippen LogP contribution in [0.5, 0.6) is 0 Å². The van der Waals surface area contributed by atoms with Crippen molar-refractivity contribution in [1.82, 2.24) is 10.6 Å². The number of carbonyl (C=O) groups excluding carboxylic acids is 2. The van der Waals surface area contributed by atoms with Gasteiger partial charge in [-0.25, -0.2) is 18.0 Å². The summed E-state index contributed by atoms with van der Waals surface area (Å²) in [5.41, 5.74) is 0. The molecule has 3 amide bonds. The van der Waals surface area contributed by atoms with Crippen molar-refractivity contribution in [3.63, 3.8) is 0 Å². The van der Waals surface area contributed by atoms with Gasteiger partial charge in [-0.15, -0.1) is 0 Å². The van der Waals surface area contributed by atoms with Gasteiger partial charge in [-0.3, -0.25) is 10.1 Å². The molecule has 20 heavy (non-hydrogen) atoms. The first-order valence-corrected chi connectivity index (χ1v) is 7.68. The lowest BCUT2D eigenvalue weighted by atomic mass is 10.1. The van der Waals surface area contributed by atoms with Crippen molar-refractivity contribution >= 4 is 27.7 Å². The van der Waals surface area contributed by atoms with E-state index >= 15 is 0 Å². The van der Waals surface area contributed by atoms with Gasteiger partial charge in [-0.2, -0.15) is 0 Å². The molecule has 0 aromatic heterocycles. The number of hydrogen-bond acceptors (Lipinski definition) is 6. The van der Waals surface area contributed by atoms with Crippen LogP contribution in [-0.2, 0) is 24.2 Å². The average Bonchev–Trinajstić information content (AvgIpc) is 2.66. The highest BCUT2D eigenvalue weighted by Gasteiger charge is 2.27. The standard InChI is InChI=1S/C10H16N2O7S/c13-8(4-19-5-9(14)15)12-10(16)11-3-7-1-2-20(17,18)6-7/h7H,1-6H2,(H,14,15)(H2,11,12,13,16). The Labute approximate surface area is 115 Å². The van der Waals surface area contributed by atoms with Gasteiger partial charge in [0.25, 0.3) is 5.91 Å². The number of carboxylic acids is 1. The number of amides is 3. The lowest BCUT2D eigenvalue weighted by Gasteiger charge is -2.10. The van der Waals surface area contributed by atoms with Gasteiger partial charge in [-0.05, 0) is 12.3 Å². The van der Waals surface area contributed by atoms with Crippen LogP contribution in [0.1, 0.15) is 6.42 Å². The number of urea groups is 1. The molecule has 1 heterocycles. The minimum atomic E-state index is -3.00. The summed E-state index contributed by atoms with van der Waals surface area (Å²) in [6, 6.07) is -0.766. The van der Waals surface area contributed by atoms with E-state index in [0.29, 0.717) is 6.42 Å². The largest absolute Gasteiger partial charge is 0.480 e. The molecular formula is C10H16N2O7S. The molecule has 0 radical (unpaired) electrons. The maximum atomic E-state index is 11.3. The van der Waals surface area contributed by atoms with E-state index in [-0.39, 0.29) is 24.0 Å². The molecule has 1 atom stereocenters. The fourth-order valence-corrected chi connectivity index (χ4v) is 3.57. The Morgan fingerprint density at radius 2 is 1.95 bits per heavy atom. The number of nitrogens with one attached hydrogen (secondary N) is 2. The Morgan fingerprint density at radius 1 is 1.25 bits per heavy atom. The van der Waals surface area contributed by atoms with Crippen LogP contribution in [-0.4, -0.2) is 62.7 Å². The fraction of sp³-hybridized carbons (Fsp3) is 0.700. The summed E-state index contributed by atoms with van der Waals surface area (Å²) in [5, 5.41) is 12.6. The lowest BCUT2D eigenvalue weighted by Crippen LogP contribution is -2.43. The van der Waals surface area contributed by atoms with Crippen molar-refractivity contribution in [2.75, 3.05) is 31.3 Å². The van der Waals surface area contributed by atoms with Crippen molar-refractivity contribution in [2.24, 2.45) is 5.92 Å². The predicted molar refractivity (Wildman–Crippen MR) is 66.8 cm³/mol. The molecule has 1 saturated heterocycles. The molecule has 1 aliphatic heterocycles. The van der Waals surface area contributed by atoms with Crippen LogP contribution in [0.2, 0.25) is 0 Å². The Kier molecular flexibility index (Phi) is 5.89. The van der Waals surface area contributed by atoms with E-state index in [2.05, 4.69) is 10.1 Å². The fourth-order valence-electron chi connectivity index (χ4n) is 1.71. The summed E-state index contributed by atoms with van der Waals surface area (Å²) in [4.78, 5) is 32.6. The molecule has 0 aromatic rings. The van der Waals surface area contributed by atoms with E-state index in [1.54, 1.807) is 0 Å². The van der Waals surface area contributed by atoms with E-state index in [0.717, 1.165) is 0 Å². The number of rotatable bonds is 6. The number of carboxylic acid groups (broad SMARTS) is 1. The molecule has 0 aliphatic carbocycles. The van der Waals surface area contributed by atoms with Crippen LogP contribution in [0.25, 0.3) is 0 Å². The normalized spacial score (nSPS) is 20.3. The van der Waals surface area contributed by atoms with Crippen LogP contribution < -0.4 is 10.6 Å². The van der Waals surface area contributed by atoms with E-state index in [1.165, 1.54) is 0 Å². The zero-order chi connectivity index (χ0) is 15.2. The van der Waals surface area contributed by atoms with Crippen molar-refractivity contribution < 1.29 is 32.6 Å². The molecule has 1 rings (SSSR count). The summed E-state index contributed by atoms with van der Waals surface area (Å²) in [7, 11) is -3.00. The number of hydrogen-bond donors (Lipinski definition) is 3. The van der Waals surface area contributed by atoms with Crippen molar-refractivity contribution in [2.45, 2.75) is 6.42 Å².